The average Bonchev–Trinajstić information content (AvgIpc) is 2.40. The summed E-state index contributed by atoms with van der Waals surface area (Å²) in [4.78, 5) is 14.8. The summed E-state index contributed by atoms with van der Waals surface area (Å²) in [5.41, 5.74) is 1.73. The highest BCUT2D eigenvalue weighted by Crippen LogP contribution is 2.08. The van der Waals surface area contributed by atoms with E-state index in [1.807, 2.05) is 0 Å². The second kappa shape index (κ2) is 7.33. The fraction of sp³-hybridized carbons (Fsp3) is 0.438. The van der Waals surface area contributed by atoms with Crippen molar-refractivity contribution in [2.45, 2.75) is 6.92 Å². The summed E-state index contributed by atoms with van der Waals surface area (Å²) in [7, 11) is 0. The Morgan fingerprint density at radius 1 is 1.24 bits per heavy atom. The molecule has 0 spiro atoms. The Hall–Kier alpha value is -1.72. The Kier molecular flexibility index (Phi) is 5.47. The van der Waals surface area contributed by atoms with Gasteiger partial charge in [-0.05, 0) is 30.7 Å². The van der Waals surface area contributed by atoms with Gasteiger partial charge in [0.15, 0.2) is 6.54 Å². The van der Waals surface area contributed by atoms with Crippen molar-refractivity contribution in [2.75, 3.05) is 44.6 Å². The molecule has 0 radical (unpaired) electrons. The third kappa shape index (κ3) is 5.28. The summed E-state index contributed by atoms with van der Waals surface area (Å²) in [5.74, 6) is -0.392. The average molecular weight is 293 g/mol. The number of amides is 1. The molecule has 4 nitrogen and oxygen atoms in total. The molecule has 2 rings (SSSR count). The number of quaternary nitrogens is 2. The van der Waals surface area contributed by atoms with Crippen LogP contribution in [0.2, 0.25) is 0 Å². The van der Waals surface area contributed by atoms with E-state index in [1.165, 1.54) is 27.5 Å². The molecule has 1 aliphatic heterocycles. The number of rotatable bonds is 5. The molecule has 114 valence electrons. The van der Waals surface area contributed by atoms with Crippen LogP contribution in [0.5, 0.6) is 0 Å². The maximum atomic E-state index is 13.1. The predicted octanol–water partition coefficient (Wildman–Crippen LogP) is -0.876. The largest absolute Gasteiger partial charge is 0.322 e. The van der Waals surface area contributed by atoms with Gasteiger partial charge in [0, 0.05) is 5.69 Å². The fourth-order valence-corrected chi connectivity index (χ4v) is 2.74. The van der Waals surface area contributed by atoms with E-state index in [9.17, 15) is 9.18 Å². The normalized spacial score (nSPS) is 21.8. The van der Waals surface area contributed by atoms with Gasteiger partial charge in [0.05, 0.1) is 6.54 Å². The molecule has 0 unspecified atom stereocenters. The Bertz CT molecular complexity index is 510. The van der Waals surface area contributed by atoms with Crippen molar-refractivity contribution in [1.29, 1.82) is 0 Å². The Balaban J connectivity index is 1.75. The van der Waals surface area contributed by atoms with Crippen LogP contribution in [0.15, 0.2) is 36.4 Å². The highest BCUT2D eigenvalue weighted by Gasteiger charge is 2.24. The van der Waals surface area contributed by atoms with E-state index in [1.54, 1.807) is 12.1 Å². The van der Waals surface area contributed by atoms with E-state index in [0.29, 0.717) is 12.2 Å². The molecule has 0 bridgehead atoms. The van der Waals surface area contributed by atoms with Gasteiger partial charge in [-0.3, -0.25) is 4.79 Å². The van der Waals surface area contributed by atoms with E-state index >= 15 is 0 Å². The van der Waals surface area contributed by atoms with E-state index in [0.717, 1.165) is 32.7 Å². The number of nitrogens with one attached hydrogen (secondary N) is 3. The lowest BCUT2D eigenvalue weighted by molar-refractivity contribution is -1.01. The van der Waals surface area contributed by atoms with Crippen LogP contribution in [0, 0.1) is 5.82 Å². The summed E-state index contributed by atoms with van der Waals surface area (Å²) in [6.07, 6.45) is 0. The van der Waals surface area contributed by atoms with Crippen LogP contribution in [-0.2, 0) is 4.79 Å². The summed E-state index contributed by atoms with van der Waals surface area (Å²) >= 11 is 0. The molecule has 0 saturated carbocycles. The molecule has 1 aliphatic rings. The van der Waals surface area contributed by atoms with Gasteiger partial charge in [-0.25, -0.2) is 4.39 Å². The molecule has 1 saturated heterocycles. The van der Waals surface area contributed by atoms with Gasteiger partial charge in [0.2, 0.25) is 0 Å². The minimum atomic E-state index is -0.336. The van der Waals surface area contributed by atoms with Crippen LogP contribution in [0.4, 0.5) is 10.1 Å². The van der Waals surface area contributed by atoms with Crippen molar-refractivity contribution in [1.82, 2.24) is 0 Å². The summed E-state index contributed by atoms with van der Waals surface area (Å²) < 4.78 is 13.1. The Morgan fingerprint density at radius 2 is 1.86 bits per heavy atom. The van der Waals surface area contributed by atoms with Gasteiger partial charge in [0.25, 0.3) is 5.91 Å². The molecular weight excluding hydrogens is 269 g/mol. The first-order chi connectivity index (χ1) is 10.0. The highest BCUT2D eigenvalue weighted by molar-refractivity contribution is 5.91. The molecule has 0 aromatic heterocycles. The first-order valence-corrected chi connectivity index (χ1v) is 7.40. The lowest BCUT2D eigenvalue weighted by Crippen LogP contribution is -3.28. The van der Waals surface area contributed by atoms with Crippen molar-refractivity contribution in [3.8, 4) is 0 Å². The molecule has 1 amide bonds. The number of carbonyl (C=O) groups is 1. The van der Waals surface area contributed by atoms with Gasteiger partial charge in [-0.15, -0.1) is 0 Å². The molecule has 3 N–H and O–H groups in total. The third-order valence-corrected chi connectivity index (χ3v) is 3.73. The fourth-order valence-electron chi connectivity index (χ4n) is 2.74. The first kappa shape index (κ1) is 15.7. The number of halogens is 1. The molecule has 5 heteroatoms. The Morgan fingerprint density at radius 3 is 2.43 bits per heavy atom. The molecular formula is C16H24FN3O+2. The number of benzene rings is 1. The zero-order valence-corrected chi connectivity index (χ0v) is 12.5. The lowest BCUT2D eigenvalue weighted by atomic mass is 10.2. The second-order valence-electron chi connectivity index (χ2n) is 5.87. The molecule has 1 fully saturated rings. The van der Waals surface area contributed by atoms with Crippen LogP contribution >= 0.6 is 0 Å². The molecule has 0 aliphatic carbocycles. The quantitative estimate of drug-likeness (QED) is 0.606. The van der Waals surface area contributed by atoms with Crippen LogP contribution in [-0.4, -0.2) is 45.2 Å². The summed E-state index contributed by atoms with van der Waals surface area (Å²) in [6, 6.07) is 6.00. The van der Waals surface area contributed by atoms with E-state index in [4.69, 9.17) is 0 Å². The number of piperazine rings is 1. The van der Waals surface area contributed by atoms with E-state index in [2.05, 4.69) is 18.8 Å². The first-order valence-electron chi connectivity index (χ1n) is 7.40. The van der Waals surface area contributed by atoms with Crippen molar-refractivity contribution in [3.63, 3.8) is 0 Å². The van der Waals surface area contributed by atoms with Crippen molar-refractivity contribution >= 4 is 11.6 Å². The maximum absolute atomic E-state index is 13.1. The highest BCUT2D eigenvalue weighted by atomic mass is 19.1. The van der Waals surface area contributed by atoms with Crippen LogP contribution in [0.1, 0.15) is 6.92 Å². The standard InChI is InChI=1S/C16H22FN3O/c1-13(2)11-19-6-8-20(9-7-19)12-16(21)18-15-5-3-4-14(17)10-15/h3-5,10H,1,6-9,11-12H2,2H3,(H,18,21)/p+2. The summed E-state index contributed by atoms with van der Waals surface area (Å²) in [5, 5.41) is 2.75. The van der Waals surface area contributed by atoms with Gasteiger partial charge in [0.1, 0.15) is 32.0 Å². The van der Waals surface area contributed by atoms with Crippen molar-refractivity contribution < 1.29 is 19.0 Å². The minimum absolute atomic E-state index is 0.0565. The zero-order valence-electron chi connectivity index (χ0n) is 12.5. The van der Waals surface area contributed by atoms with E-state index < -0.39 is 0 Å². The topological polar surface area (TPSA) is 38.0 Å². The van der Waals surface area contributed by atoms with Crippen LogP contribution < -0.4 is 15.1 Å². The molecule has 1 aromatic carbocycles. The lowest BCUT2D eigenvalue weighted by Gasteiger charge is -2.29. The van der Waals surface area contributed by atoms with Gasteiger partial charge in [-0.2, -0.15) is 0 Å². The van der Waals surface area contributed by atoms with Crippen molar-refractivity contribution in [2.24, 2.45) is 0 Å². The van der Waals surface area contributed by atoms with Gasteiger partial charge in [-0.1, -0.05) is 12.6 Å². The number of carbonyl (C=O) groups excluding carboxylic acids is 1. The SMILES string of the molecule is C=C(C)C[NH+]1CC[NH+](CC(=O)Nc2cccc(F)c2)CC1. The van der Waals surface area contributed by atoms with Gasteiger partial charge >= 0.3 is 0 Å². The molecule has 21 heavy (non-hydrogen) atoms. The number of hydrogen-bond donors (Lipinski definition) is 3. The van der Waals surface area contributed by atoms with Gasteiger partial charge < -0.3 is 15.1 Å². The molecule has 1 heterocycles. The van der Waals surface area contributed by atoms with Crippen molar-refractivity contribution in [3.05, 3.63) is 42.2 Å². The summed E-state index contributed by atoms with van der Waals surface area (Å²) in [6.45, 7) is 11.6. The zero-order chi connectivity index (χ0) is 15.2. The van der Waals surface area contributed by atoms with Crippen LogP contribution in [0.25, 0.3) is 0 Å². The smallest absolute Gasteiger partial charge is 0.279 e. The van der Waals surface area contributed by atoms with E-state index in [-0.39, 0.29) is 11.7 Å². The monoisotopic (exact) mass is 293 g/mol. The minimum Gasteiger partial charge on any atom is -0.322 e. The molecule has 0 atom stereocenters. The predicted molar refractivity (Wildman–Crippen MR) is 81.0 cm³/mol. The number of anilines is 1. The third-order valence-electron chi connectivity index (χ3n) is 3.73. The molecule has 1 aromatic rings. The number of hydrogen-bond acceptors (Lipinski definition) is 1. The second-order valence-corrected chi connectivity index (χ2v) is 5.87. The Labute approximate surface area is 125 Å². The maximum Gasteiger partial charge on any atom is 0.279 e. The van der Waals surface area contributed by atoms with Crippen LogP contribution in [0.3, 0.4) is 0 Å².